The third-order valence-electron chi connectivity index (χ3n) is 6.95. The molecule has 4 rings (SSSR count). The van der Waals surface area contributed by atoms with E-state index in [9.17, 15) is 22.4 Å². The summed E-state index contributed by atoms with van der Waals surface area (Å²) < 4.78 is 57.4. The number of hydrogen-bond donors (Lipinski definition) is 1. The lowest BCUT2D eigenvalue weighted by Gasteiger charge is -2.34. The van der Waals surface area contributed by atoms with Crippen LogP contribution in [0.4, 0.5) is 14.5 Å². The van der Waals surface area contributed by atoms with Crippen LogP contribution in [0.15, 0.2) is 114 Å². The summed E-state index contributed by atoms with van der Waals surface area (Å²) in [6.07, 6.45) is 0.128. The van der Waals surface area contributed by atoms with Crippen LogP contribution in [0.2, 0.25) is 0 Å². The molecule has 0 spiro atoms. The van der Waals surface area contributed by atoms with E-state index in [2.05, 4.69) is 5.32 Å². The van der Waals surface area contributed by atoms with E-state index in [1.165, 1.54) is 71.6 Å². The third-order valence-corrected chi connectivity index (χ3v) is 8.73. The molecule has 0 aliphatic rings. The van der Waals surface area contributed by atoms with Crippen LogP contribution in [-0.4, -0.2) is 44.3 Å². The van der Waals surface area contributed by atoms with Crippen LogP contribution in [0.25, 0.3) is 0 Å². The van der Waals surface area contributed by atoms with Gasteiger partial charge in [0.25, 0.3) is 10.0 Å². The first-order valence-corrected chi connectivity index (χ1v) is 15.7. The minimum absolute atomic E-state index is 0.123. The molecule has 1 unspecified atom stereocenters. The Morgan fingerprint density at radius 2 is 1.36 bits per heavy atom. The number of para-hydroxylation sites is 1. The molecule has 0 saturated carbocycles. The molecule has 10 heteroatoms. The Morgan fingerprint density at radius 1 is 0.773 bits per heavy atom. The summed E-state index contributed by atoms with van der Waals surface area (Å²) in [5.41, 5.74) is 0.991. The van der Waals surface area contributed by atoms with Crippen molar-refractivity contribution in [1.29, 1.82) is 0 Å². The molecule has 0 aliphatic heterocycles. The third kappa shape index (κ3) is 8.29. The number of carbonyl (C=O) groups excluding carboxylic acids is 2. The Morgan fingerprint density at radius 3 is 1.98 bits per heavy atom. The number of anilines is 1. The fraction of sp³-hybridized carbons (Fsp3) is 0.235. The number of nitrogens with zero attached hydrogens (tertiary/aromatic N) is 2. The summed E-state index contributed by atoms with van der Waals surface area (Å²) >= 11 is 0. The second-order valence-electron chi connectivity index (χ2n) is 10.8. The summed E-state index contributed by atoms with van der Waals surface area (Å²) in [6.45, 7) is 3.32. The second kappa shape index (κ2) is 14.7. The molecule has 0 aliphatic carbocycles. The van der Waals surface area contributed by atoms with Crippen LogP contribution >= 0.6 is 0 Å². The molecule has 0 saturated heterocycles. The van der Waals surface area contributed by atoms with E-state index in [4.69, 9.17) is 0 Å². The molecule has 4 aromatic rings. The number of sulfonamides is 1. The lowest BCUT2D eigenvalue weighted by atomic mass is 10.0. The summed E-state index contributed by atoms with van der Waals surface area (Å²) in [4.78, 5) is 29.2. The maximum Gasteiger partial charge on any atom is 0.264 e. The molecule has 0 radical (unpaired) electrons. The summed E-state index contributed by atoms with van der Waals surface area (Å²) in [7, 11) is -4.41. The highest BCUT2D eigenvalue weighted by molar-refractivity contribution is 7.92. The van der Waals surface area contributed by atoms with Crippen molar-refractivity contribution < 1.29 is 26.8 Å². The minimum Gasteiger partial charge on any atom is -0.354 e. The van der Waals surface area contributed by atoms with Crippen LogP contribution in [0.3, 0.4) is 0 Å². The number of benzene rings is 4. The molecule has 1 atom stereocenters. The van der Waals surface area contributed by atoms with Gasteiger partial charge in [-0.3, -0.25) is 13.9 Å². The summed E-state index contributed by atoms with van der Waals surface area (Å²) in [6, 6.07) is 26.3. The molecular weight excluding hydrogens is 584 g/mol. The van der Waals surface area contributed by atoms with Crippen molar-refractivity contribution in [2.45, 2.75) is 37.8 Å². The number of nitrogens with one attached hydrogen (secondary N) is 1. The number of amides is 2. The molecule has 1 N–H and O–H groups in total. The Bertz CT molecular complexity index is 1650. The molecule has 4 aromatic carbocycles. The van der Waals surface area contributed by atoms with Gasteiger partial charge < -0.3 is 10.2 Å². The Labute approximate surface area is 257 Å². The molecule has 7 nitrogen and oxygen atoms in total. The standard InChI is InChI=1S/C34H35F2N3O4S/c1-25(2)22-37-34(41)32(21-26-11-5-3-6-12-26)38(23-27-17-19-28(35)20-18-27)33(40)24-39(31-16-10-9-15-30(31)36)44(42,43)29-13-7-4-8-14-29/h3-20,25,32H,21-24H2,1-2H3,(H,37,41). The lowest BCUT2D eigenvalue weighted by molar-refractivity contribution is -0.140. The average Bonchev–Trinajstić information content (AvgIpc) is 3.02. The van der Waals surface area contributed by atoms with Crippen molar-refractivity contribution >= 4 is 27.5 Å². The van der Waals surface area contributed by atoms with Gasteiger partial charge >= 0.3 is 0 Å². The van der Waals surface area contributed by atoms with Crippen LogP contribution in [0, 0.1) is 17.6 Å². The van der Waals surface area contributed by atoms with Crippen molar-refractivity contribution in [2.75, 3.05) is 17.4 Å². The first kappa shape index (κ1) is 32.3. The Balaban J connectivity index is 1.79. The van der Waals surface area contributed by atoms with Crippen molar-refractivity contribution in [3.8, 4) is 0 Å². The second-order valence-corrected chi connectivity index (χ2v) is 12.6. The fourth-order valence-corrected chi connectivity index (χ4v) is 6.09. The number of rotatable bonds is 13. The van der Waals surface area contributed by atoms with Crippen molar-refractivity contribution in [1.82, 2.24) is 10.2 Å². The van der Waals surface area contributed by atoms with Crippen LogP contribution in [0.1, 0.15) is 25.0 Å². The lowest BCUT2D eigenvalue weighted by Crippen LogP contribution is -2.53. The average molecular weight is 620 g/mol. The quantitative estimate of drug-likeness (QED) is 0.212. The maximum absolute atomic E-state index is 15.1. The van der Waals surface area contributed by atoms with Gasteiger partial charge in [-0.25, -0.2) is 17.2 Å². The van der Waals surface area contributed by atoms with E-state index < -0.39 is 46.1 Å². The van der Waals surface area contributed by atoms with E-state index in [1.807, 2.05) is 44.2 Å². The Kier molecular flexibility index (Phi) is 10.8. The van der Waals surface area contributed by atoms with Crippen molar-refractivity contribution in [3.05, 3.63) is 132 Å². The molecule has 230 valence electrons. The summed E-state index contributed by atoms with van der Waals surface area (Å²) in [5.74, 6) is -2.34. The monoisotopic (exact) mass is 619 g/mol. The van der Waals surface area contributed by atoms with E-state index in [1.54, 1.807) is 6.07 Å². The molecular formula is C34H35F2N3O4S. The predicted molar refractivity (Wildman–Crippen MR) is 166 cm³/mol. The van der Waals surface area contributed by atoms with Crippen LogP contribution in [-0.2, 0) is 32.6 Å². The van der Waals surface area contributed by atoms with Gasteiger partial charge in [-0.1, -0.05) is 86.6 Å². The number of halogens is 2. The highest BCUT2D eigenvalue weighted by atomic mass is 32.2. The van der Waals surface area contributed by atoms with Gasteiger partial charge in [0.1, 0.15) is 24.2 Å². The zero-order valence-electron chi connectivity index (χ0n) is 24.6. The molecule has 0 fully saturated rings. The topological polar surface area (TPSA) is 86.8 Å². The van der Waals surface area contributed by atoms with Gasteiger partial charge in [0, 0.05) is 19.5 Å². The predicted octanol–water partition coefficient (Wildman–Crippen LogP) is 5.57. The van der Waals surface area contributed by atoms with Gasteiger partial charge in [0.05, 0.1) is 10.6 Å². The smallest absolute Gasteiger partial charge is 0.264 e. The van der Waals surface area contributed by atoms with E-state index >= 15 is 4.39 Å². The number of carbonyl (C=O) groups is 2. The van der Waals surface area contributed by atoms with Gasteiger partial charge in [-0.2, -0.15) is 0 Å². The molecule has 44 heavy (non-hydrogen) atoms. The zero-order chi connectivity index (χ0) is 31.7. The maximum atomic E-state index is 15.1. The van der Waals surface area contributed by atoms with Crippen LogP contribution in [0.5, 0.6) is 0 Å². The molecule has 0 bridgehead atoms. The van der Waals surface area contributed by atoms with Crippen molar-refractivity contribution in [2.24, 2.45) is 5.92 Å². The van der Waals surface area contributed by atoms with Gasteiger partial charge in [-0.05, 0) is 53.4 Å². The number of hydrogen-bond acceptors (Lipinski definition) is 4. The minimum atomic E-state index is -4.41. The van der Waals surface area contributed by atoms with E-state index in [-0.39, 0.29) is 29.5 Å². The summed E-state index contributed by atoms with van der Waals surface area (Å²) in [5, 5.41) is 2.90. The van der Waals surface area contributed by atoms with E-state index in [0.717, 1.165) is 15.9 Å². The normalized spacial score (nSPS) is 12.0. The zero-order valence-corrected chi connectivity index (χ0v) is 25.4. The van der Waals surface area contributed by atoms with Gasteiger partial charge in [0.2, 0.25) is 11.8 Å². The van der Waals surface area contributed by atoms with Gasteiger partial charge in [0.15, 0.2) is 0 Å². The van der Waals surface area contributed by atoms with E-state index in [0.29, 0.717) is 12.1 Å². The fourth-order valence-electron chi connectivity index (χ4n) is 4.65. The first-order valence-electron chi connectivity index (χ1n) is 14.2. The van der Waals surface area contributed by atoms with Crippen molar-refractivity contribution in [3.63, 3.8) is 0 Å². The largest absolute Gasteiger partial charge is 0.354 e. The SMILES string of the molecule is CC(C)CNC(=O)C(Cc1ccccc1)N(Cc1ccc(F)cc1)C(=O)CN(c1ccccc1F)S(=O)(=O)c1ccccc1. The van der Waals surface area contributed by atoms with Gasteiger partial charge in [-0.15, -0.1) is 0 Å². The molecule has 0 aromatic heterocycles. The molecule has 0 heterocycles. The molecule has 2 amide bonds. The van der Waals surface area contributed by atoms with Crippen LogP contribution < -0.4 is 9.62 Å². The highest BCUT2D eigenvalue weighted by Crippen LogP contribution is 2.27. The highest BCUT2D eigenvalue weighted by Gasteiger charge is 2.35. The first-order chi connectivity index (χ1) is 21.1. The Hall–Kier alpha value is -4.57.